The number of carbonyl (C=O) groups is 1. The van der Waals surface area contributed by atoms with E-state index in [-0.39, 0.29) is 11.7 Å². The maximum Gasteiger partial charge on any atom is 0.338 e. The van der Waals surface area contributed by atoms with Gasteiger partial charge in [-0.1, -0.05) is 0 Å². The minimum absolute atomic E-state index is 0.00205. The maximum absolute atomic E-state index is 13.3. The molecule has 5 heteroatoms. The Bertz CT molecular complexity index is 381. The largest absolute Gasteiger partial charge is 0.478 e. The number of hydrogen-bond acceptors (Lipinski definition) is 3. The van der Waals surface area contributed by atoms with Crippen LogP contribution < -0.4 is 5.32 Å². The van der Waals surface area contributed by atoms with E-state index in [1.54, 1.807) is 7.11 Å². The van der Waals surface area contributed by atoms with Crippen LogP contribution in [0.2, 0.25) is 0 Å². The average Bonchev–Trinajstić information content (AvgIpc) is 2.25. The summed E-state index contributed by atoms with van der Waals surface area (Å²) in [5, 5.41) is 11.6. The summed E-state index contributed by atoms with van der Waals surface area (Å²) in [4.78, 5) is 10.6. The third kappa shape index (κ3) is 3.20. The molecule has 0 aliphatic carbocycles. The average molecular weight is 227 g/mol. The van der Waals surface area contributed by atoms with Crippen LogP contribution in [0.1, 0.15) is 17.3 Å². The Hall–Kier alpha value is -1.62. The molecule has 0 saturated heterocycles. The molecule has 0 amide bonds. The lowest BCUT2D eigenvalue weighted by Crippen LogP contribution is -2.18. The number of ether oxygens (including phenoxy) is 1. The minimum Gasteiger partial charge on any atom is -0.478 e. The summed E-state index contributed by atoms with van der Waals surface area (Å²) in [7, 11) is 1.58. The molecule has 1 atom stereocenters. The first kappa shape index (κ1) is 12.4. The highest BCUT2D eigenvalue weighted by Crippen LogP contribution is 2.14. The third-order valence-electron chi connectivity index (χ3n) is 2.20. The van der Waals surface area contributed by atoms with E-state index in [4.69, 9.17) is 9.84 Å². The Balaban J connectivity index is 2.70. The van der Waals surface area contributed by atoms with Gasteiger partial charge in [0.15, 0.2) is 0 Å². The van der Waals surface area contributed by atoms with Crippen molar-refractivity contribution in [3.63, 3.8) is 0 Å². The molecule has 1 aromatic carbocycles. The summed E-state index contributed by atoms with van der Waals surface area (Å²) in [5.41, 5.74) is 0.205. The summed E-state index contributed by atoms with van der Waals surface area (Å²) in [6.07, 6.45) is 0.00205. The van der Waals surface area contributed by atoms with E-state index in [0.29, 0.717) is 12.2 Å². The van der Waals surface area contributed by atoms with Gasteiger partial charge in [-0.3, -0.25) is 0 Å². The molecule has 16 heavy (non-hydrogen) atoms. The van der Waals surface area contributed by atoms with Crippen LogP contribution in [0.25, 0.3) is 0 Å². The first-order valence-electron chi connectivity index (χ1n) is 4.84. The van der Waals surface area contributed by atoms with Gasteiger partial charge in [-0.2, -0.15) is 0 Å². The molecule has 0 fully saturated rings. The predicted molar refractivity (Wildman–Crippen MR) is 58.3 cm³/mol. The fourth-order valence-corrected chi connectivity index (χ4v) is 1.14. The second-order valence-corrected chi connectivity index (χ2v) is 3.43. The molecule has 1 unspecified atom stereocenters. The molecule has 0 spiro atoms. The van der Waals surface area contributed by atoms with Gasteiger partial charge in [-0.15, -0.1) is 0 Å². The second kappa shape index (κ2) is 5.46. The van der Waals surface area contributed by atoms with Gasteiger partial charge in [0.25, 0.3) is 0 Å². The fraction of sp³-hybridized carbons (Fsp3) is 0.364. The molecule has 0 aromatic heterocycles. The van der Waals surface area contributed by atoms with Gasteiger partial charge in [0, 0.05) is 19.3 Å². The Morgan fingerprint density at radius 3 is 2.81 bits per heavy atom. The highest BCUT2D eigenvalue weighted by molar-refractivity contribution is 5.88. The summed E-state index contributed by atoms with van der Waals surface area (Å²) < 4.78 is 18.3. The van der Waals surface area contributed by atoms with Crippen molar-refractivity contribution in [2.24, 2.45) is 0 Å². The van der Waals surface area contributed by atoms with Crippen LogP contribution in [0.3, 0.4) is 0 Å². The molecular weight excluding hydrogens is 213 g/mol. The quantitative estimate of drug-likeness (QED) is 0.807. The molecule has 0 heterocycles. The van der Waals surface area contributed by atoms with Crippen LogP contribution in [-0.4, -0.2) is 30.8 Å². The molecule has 0 bridgehead atoms. The Morgan fingerprint density at radius 2 is 2.31 bits per heavy atom. The van der Waals surface area contributed by atoms with Crippen molar-refractivity contribution in [2.45, 2.75) is 13.0 Å². The molecule has 4 nitrogen and oxygen atoms in total. The van der Waals surface area contributed by atoms with Crippen molar-refractivity contribution in [1.82, 2.24) is 0 Å². The molecule has 88 valence electrons. The lowest BCUT2D eigenvalue weighted by molar-refractivity contribution is 0.0692. The van der Waals surface area contributed by atoms with Gasteiger partial charge in [-0.05, 0) is 25.1 Å². The normalized spacial score (nSPS) is 12.2. The van der Waals surface area contributed by atoms with Gasteiger partial charge < -0.3 is 15.2 Å². The van der Waals surface area contributed by atoms with Crippen LogP contribution in [-0.2, 0) is 4.74 Å². The van der Waals surface area contributed by atoms with Crippen LogP contribution in [0, 0.1) is 5.82 Å². The fourth-order valence-electron chi connectivity index (χ4n) is 1.14. The zero-order valence-electron chi connectivity index (χ0n) is 9.16. The smallest absolute Gasteiger partial charge is 0.338 e. The van der Waals surface area contributed by atoms with E-state index in [9.17, 15) is 9.18 Å². The molecule has 1 aromatic rings. The Morgan fingerprint density at radius 1 is 1.62 bits per heavy atom. The number of aromatic carboxylic acids is 1. The van der Waals surface area contributed by atoms with E-state index < -0.39 is 11.8 Å². The highest BCUT2D eigenvalue weighted by atomic mass is 19.1. The summed E-state index contributed by atoms with van der Waals surface area (Å²) >= 11 is 0. The van der Waals surface area contributed by atoms with Crippen LogP contribution in [0.15, 0.2) is 18.2 Å². The van der Waals surface area contributed by atoms with Gasteiger partial charge >= 0.3 is 5.97 Å². The molecule has 0 aliphatic heterocycles. The zero-order chi connectivity index (χ0) is 12.1. The lowest BCUT2D eigenvalue weighted by atomic mass is 10.2. The minimum atomic E-state index is -1.27. The number of halogens is 1. The van der Waals surface area contributed by atoms with Crippen molar-refractivity contribution < 1.29 is 19.0 Å². The number of carboxylic acids is 1. The first-order chi connectivity index (χ1) is 7.54. The standard InChI is InChI=1S/C11H14FNO3/c1-7(16-2)6-13-8-3-4-9(11(14)15)10(12)5-8/h3-5,7,13H,6H2,1-2H3,(H,14,15). The van der Waals surface area contributed by atoms with Crippen LogP contribution >= 0.6 is 0 Å². The van der Waals surface area contributed by atoms with Crippen molar-refractivity contribution in [1.29, 1.82) is 0 Å². The maximum atomic E-state index is 13.3. The predicted octanol–water partition coefficient (Wildman–Crippen LogP) is 1.97. The summed E-state index contributed by atoms with van der Waals surface area (Å²) in [6, 6.07) is 3.91. The first-order valence-corrected chi connectivity index (χ1v) is 4.84. The van der Waals surface area contributed by atoms with E-state index in [1.165, 1.54) is 12.1 Å². The molecular formula is C11H14FNO3. The van der Waals surface area contributed by atoms with Crippen LogP contribution in [0.5, 0.6) is 0 Å². The monoisotopic (exact) mass is 227 g/mol. The third-order valence-corrected chi connectivity index (χ3v) is 2.20. The van der Waals surface area contributed by atoms with Gasteiger partial charge in [0.2, 0.25) is 0 Å². The molecule has 0 aliphatic rings. The Labute approximate surface area is 93.0 Å². The van der Waals surface area contributed by atoms with Crippen molar-refractivity contribution in [2.75, 3.05) is 19.0 Å². The van der Waals surface area contributed by atoms with Gasteiger partial charge in [0.1, 0.15) is 5.82 Å². The topological polar surface area (TPSA) is 58.6 Å². The number of methoxy groups -OCH3 is 1. The van der Waals surface area contributed by atoms with Crippen LogP contribution in [0.4, 0.5) is 10.1 Å². The zero-order valence-corrected chi connectivity index (χ0v) is 9.16. The number of benzene rings is 1. The van der Waals surface area contributed by atoms with E-state index in [0.717, 1.165) is 6.07 Å². The van der Waals surface area contributed by atoms with Gasteiger partial charge in [-0.25, -0.2) is 9.18 Å². The number of hydrogen-bond donors (Lipinski definition) is 2. The van der Waals surface area contributed by atoms with E-state index >= 15 is 0 Å². The lowest BCUT2D eigenvalue weighted by Gasteiger charge is -2.12. The number of rotatable bonds is 5. The molecule has 1 rings (SSSR count). The second-order valence-electron chi connectivity index (χ2n) is 3.43. The summed E-state index contributed by atoms with van der Waals surface area (Å²) in [6.45, 7) is 2.40. The van der Waals surface area contributed by atoms with E-state index in [1.807, 2.05) is 6.92 Å². The number of carboxylic acid groups (broad SMARTS) is 1. The van der Waals surface area contributed by atoms with E-state index in [2.05, 4.69) is 5.32 Å². The van der Waals surface area contributed by atoms with Crippen molar-refractivity contribution >= 4 is 11.7 Å². The molecule has 2 N–H and O–H groups in total. The molecule has 0 radical (unpaired) electrons. The van der Waals surface area contributed by atoms with Crippen molar-refractivity contribution in [3.05, 3.63) is 29.6 Å². The molecule has 0 saturated carbocycles. The summed E-state index contributed by atoms with van der Waals surface area (Å²) in [5.74, 6) is -2.02. The number of anilines is 1. The highest BCUT2D eigenvalue weighted by Gasteiger charge is 2.10. The van der Waals surface area contributed by atoms with Crippen molar-refractivity contribution in [3.8, 4) is 0 Å². The Kier molecular flexibility index (Phi) is 4.25. The number of nitrogens with one attached hydrogen (secondary N) is 1. The van der Waals surface area contributed by atoms with Gasteiger partial charge in [0.05, 0.1) is 11.7 Å². The SMILES string of the molecule is COC(C)CNc1ccc(C(=O)O)c(F)c1.